The van der Waals surface area contributed by atoms with Crippen molar-refractivity contribution in [2.45, 2.75) is 11.7 Å². The van der Waals surface area contributed by atoms with E-state index in [9.17, 15) is 32.1 Å². The zero-order chi connectivity index (χ0) is 15.9. The minimum atomic E-state index is -4.07. The second-order valence-corrected chi connectivity index (χ2v) is 7.23. The molecule has 1 heterocycles. The molecule has 0 radical (unpaired) electrons. The van der Waals surface area contributed by atoms with Gasteiger partial charge in [-0.05, 0) is 0 Å². The Labute approximate surface area is 121 Å². The largest absolute Gasteiger partial charge is 0.306 e. The number of non-ortho nitro benzene ring substituents is 1. The smallest absolute Gasteiger partial charge is 0.275 e. The Balaban J connectivity index is 2.44. The van der Waals surface area contributed by atoms with Gasteiger partial charge < -0.3 is 4.90 Å². The minimum Gasteiger partial charge on any atom is -0.306 e. The first kappa shape index (κ1) is 15.6. The van der Waals surface area contributed by atoms with Gasteiger partial charge in [0.25, 0.3) is 5.69 Å². The summed E-state index contributed by atoms with van der Waals surface area (Å²) in [4.78, 5) is 21.8. The van der Waals surface area contributed by atoms with Gasteiger partial charge >= 0.3 is 0 Å². The second-order valence-electron chi connectivity index (χ2n) is 4.32. The highest BCUT2D eigenvalue weighted by Crippen LogP contribution is 2.33. The Morgan fingerprint density at radius 1 is 1.33 bits per heavy atom. The molecular weight excluding hydrogens is 334 g/mol. The number of amides is 1. The highest BCUT2D eigenvalue weighted by atomic mass is 35.7. The lowest BCUT2D eigenvalue weighted by Crippen LogP contribution is -2.28. The van der Waals surface area contributed by atoms with Crippen molar-refractivity contribution in [3.8, 4) is 0 Å². The number of hydrogen-bond acceptors (Lipinski definition) is 5. The van der Waals surface area contributed by atoms with E-state index >= 15 is 0 Å². The third kappa shape index (κ3) is 2.95. The highest BCUT2D eigenvalue weighted by Gasteiger charge is 2.40. The lowest BCUT2D eigenvalue weighted by atomic mass is 10.2. The maximum absolute atomic E-state index is 13.8. The number of nitro groups is 1. The fraction of sp³-hybridized carbons (Fsp3) is 0.300. The van der Waals surface area contributed by atoms with Crippen LogP contribution in [0.15, 0.2) is 12.1 Å². The van der Waals surface area contributed by atoms with Crippen LogP contribution in [0.5, 0.6) is 0 Å². The van der Waals surface area contributed by atoms with Gasteiger partial charge in [-0.1, -0.05) is 0 Å². The highest BCUT2D eigenvalue weighted by molar-refractivity contribution is 8.14. The van der Waals surface area contributed by atoms with Crippen molar-refractivity contribution in [1.29, 1.82) is 0 Å². The van der Waals surface area contributed by atoms with Gasteiger partial charge in [0.1, 0.15) is 10.9 Å². The summed E-state index contributed by atoms with van der Waals surface area (Å²) in [6, 6.07) is 0.905. The minimum absolute atomic E-state index is 0.453. The van der Waals surface area contributed by atoms with Gasteiger partial charge in [0, 0.05) is 23.6 Å². The normalized spacial score (nSPS) is 19.1. The molecule has 0 saturated carbocycles. The average Bonchev–Trinajstić information content (AvgIpc) is 2.70. The summed E-state index contributed by atoms with van der Waals surface area (Å²) < 4.78 is 50.0. The molecule has 7 nitrogen and oxygen atoms in total. The number of benzene rings is 1. The fourth-order valence-electron chi connectivity index (χ4n) is 1.99. The topological polar surface area (TPSA) is 97.6 Å². The number of rotatable bonds is 3. The van der Waals surface area contributed by atoms with E-state index in [4.69, 9.17) is 10.7 Å². The molecule has 1 aliphatic rings. The maximum Gasteiger partial charge on any atom is 0.275 e. The first-order valence-electron chi connectivity index (χ1n) is 5.48. The van der Waals surface area contributed by atoms with Crippen LogP contribution in [0, 0.1) is 21.7 Å². The lowest BCUT2D eigenvalue weighted by molar-refractivity contribution is -0.385. The summed E-state index contributed by atoms with van der Waals surface area (Å²) in [6.07, 6.45) is -0.512. The van der Waals surface area contributed by atoms with E-state index in [1.165, 1.54) is 0 Å². The molecule has 0 aliphatic carbocycles. The third-order valence-electron chi connectivity index (χ3n) is 2.97. The number of nitrogens with zero attached hydrogens (tertiary/aromatic N) is 2. The number of carbonyl (C=O) groups excluding carboxylic acids is 1. The van der Waals surface area contributed by atoms with Crippen LogP contribution >= 0.6 is 10.7 Å². The molecule has 2 rings (SSSR count). The van der Waals surface area contributed by atoms with Crippen LogP contribution in [0.1, 0.15) is 6.42 Å². The number of carbonyl (C=O) groups is 1. The first-order valence-corrected chi connectivity index (χ1v) is 7.85. The molecule has 11 heteroatoms. The molecule has 21 heavy (non-hydrogen) atoms. The Morgan fingerprint density at radius 2 is 1.86 bits per heavy atom. The fourth-order valence-corrected chi connectivity index (χ4v) is 3.02. The average molecular weight is 341 g/mol. The standard InChI is InChI=1S/C10H7ClF2N2O5S/c11-21(19,20)6-3-9(16)14(4-6)10-7(12)1-5(15(17)18)2-8(10)13/h1-2,6H,3-4H2. The van der Waals surface area contributed by atoms with E-state index in [0.717, 1.165) is 0 Å². The van der Waals surface area contributed by atoms with Crippen LogP contribution in [0.3, 0.4) is 0 Å². The van der Waals surface area contributed by atoms with E-state index in [2.05, 4.69) is 0 Å². The molecule has 0 spiro atoms. The third-order valence-corrected chi connectivity index (χ3v) is 4.84. The van der Waals surface area contributed by atoms with E-state index in [1.54, 1.807) is 0 Å². The summed E-state index contributed by atoms with van der Waals surface area (Å²) in [5.41, 5.74) is -1.64. The van der Waals surface area contributed by atoms with Gasteiger partial charge in [0.2, 0.25) is 15.0 Å². The number of hydrogen-bond donors (Lipinski definition) is 0. The molecule has 1 atom stereocenters. The molecule has 1 fully saturated rings. The molecule has 1 saturated heterocycles. The summed E-state index contributed by atoms with van der Waals surface area (Å²) >= 11 is 0. The van der Waals surface area contributed by atoms with Crippen LogP contribution < -0.4 is 4.90 Å². The van der Waals surface area contributed by atoms with E-state index < -0.39 is 61.1 Å². The van der Waals surface area contributed by atoms with Crippen LogP contribution in [0.25, 0.3) is 0 Å². The van der Waals surface area contributed by atoms with Gasteiger partial charge in [-0.25, -0.2) is 17.2 Å². The summed E-state index contributed by atoms with van der Waals surface area (Å²) in [5, 5.41) is 9.19. The van der Waals surface area contributed by atoms with Crippen molar-refractivity contribution in [2.24, 2.45) is 0 Å². The zero-order valence-electron chi connectivity index (χ0n) is 10.1. The van der Waals surface area contributed by atoms with E-state index in [0.29, 0.717) is 17.0 Å². The summed E-state index contributed by atoms with van der Waals surface area (Å²) in [7, 11) is 1.05. The van der Waals surface area contributed by atoms with Crippen molar-refractivity contribution < 1.29 is 26.9 Å². The van der Waals surface area contributed by atoms with Crippen LogP contribution in [0.2, 0.25) is 0 Å². The molecule has 1 aromatic carbocycles. The quantitative estimate of drug-likeness (QED) is 0.472. The molecule has 1 aromatic rings. The van der Waals surface area contributed by atoms with Crippen molar-refractivity contribution in [3.63, 3.8) is 0 Å². The Kier molecular flexibility index (Phi) is 3.85. The Hall–Kier alpha value is -1.81. The predicted octanol–water partition coefficient (Wildman–Crippen LogP) is 1.55. The Morgan fingerprint density at radius 3 is 2.24 bits per heavy atom. The van der Waals surface area contributed by atoms with Crippen LogP contribution in [-0.4, -0.2) is 31.0 Å². The van der Waals surface area contributed by atoms with Gasteiger partial charge in [-0.2, -0.15) is 0 Å². The first-order chi connectivity index (χ1) is 9.61. The molecular formula is C10H7ClF2N2O5S. The SMILES string of the molecule is O=C1CC(S(=O)(=O)Cl)CN1c1c(F)cc([N+](=O)[O-])cc1F. The molecule has 1 unspecified atom stereocenters. The van der Waals surface area contributed by atoms with Gasteiger partial charge in [0.15, 0.2) is 11.6 Å². The van der Waals surface area contributed by atoms with Gasteiger partial charge in [-0.3, -0.25) is 14.9 Å². The van der Waals surface area contributed by atoms with Crippen LogP contribution in [0.4, 0.5) is 20.2 Å². The maximum atomic E-state index is 13.8. The predicted molar refractivity (Wildman–Crippen MR) is 68.5 cm³/mol. The number of halogens is 3. The lowest BCUT2D eigenvalue weighted by Gasteiger charge is -2.17. The van der Waals surface area contributed by atoms with Crippen molar-refractivity contribution >= 4 is 37.0 Å². The van der Waals surface area contributed by atoms with Gasteiger partial charge in [-0.15, -0.1) is 0 Å². The zero-order valence-corrected chi connectivity index (χ0v) is 11.7. The van der Waals surface area contributed by atoms with E-state index in [-0.39, 0.29) is 0 Å². The van der Waals surface area contributed by atoms with Gasteiger partial charge in [0.05, 0.1) is 17.1 Å². The molecule has 114 valence electrons. The summed E-state index contributed by atoms with van der Waals surface area (Å²) in [5.74, 6) is -3.50. The monoisotopic (exact) mass is 340 g/mol. The molecule has 0 bridgehead atoms. The van der Waals surface area contributed by atoms with Crippen molar-refractivity contribution in [3.05, 3.63) is 33.9 Å². The molecule has 1 aliphatic heterocycles. The second kappa shape index (κ2) is 5.19. The molecule has 0 N–H and O–H groups in total. The van der Waals surface area contributed by atoms with E-state index in [1.807, 2.05) is 0 Å². The van der Waals surface area contributed by atoms with Crippen molar-refractivity contribution in [1.82, 2.24) is 0 Å². The van der Waals surface area contributed by atoms with Crippen LogP contribution in [-0.2, 0) is 13.8 Å². The molecule has 1 amide bonds. The van der Waals surface area contributed by atoms with Crippen molar-refractivity contribution in [2.75, 3.05) is 11.4 Å². The summed E-state index contributed by atoms with van der Waals surface area (Å²) in [6.45, 7) is -0.518. The number of nitro benzene ring substituents is 1. The molecule has 0 aromatic heterocycles. The Bertz CT molecular complexity index is 716. The number of anilines is 1.